The van der Waals surface area contributed by atoms with E-state index in [9.17, 15) is 14.4 Å². The summed E-state index contributed by atoms with van der Waals surface area (Å²) in [4.78, 5) is 36.6. The van der Waals surface area contributed by atoms with Crippen molar-refractivity contribution in [1.82, 2.24) is 5.32 Å². The van der Waals surface area contributed by atoms with Gasteiger partial charge in [0.05, 0.1) is 12.2 Å². The van der Waals surface area contributed by atoms with Crippen LogP contribution >= 0.6 is 0 Å². The van der Waals surface area contributed by atoms with E-state index in [1.54, 1.807) is 31.2 Å². The van der Waals surface area contributed by atoms with E-state index in [0.29, 0.717) is 17.9 Å². The molecule has 0 aromatic heterocycles. The fraction of sp³-hybridized carbons (Fsp3) is 0.550. The summed E-state index contributed by atoms with van der Waals surface area (Å²) < 4.78 is 4.94. The van der Waals surface area contributed by atoms with Crippen molar-refractivity contribution < 1.29 is 19.1 Å². The summed E-state index contributed by atoms with van der Waals surface area (Å²) >= 11 is 0. The van der Waals surface area contributed by atoms with Crippen molar-refractivity contribution in [3.05, 3.63) is 29.8 Å². The maximum Gasteiger partial charge on any atom is 0.338 e. The van der Waals surface area contributed by atoms with Crippen LogP contribution in [0, 0.1) is 11.8 Å². The number of nitrogens with one attached hydrogen (secondary N) is 2. The molecule has 1 saturated carbocycles. The molecule has 2 atom stereocenters. The molecule has 2 N–H and O–H groups in total. The van der Waals surface area contributed by atoms with Gasteiger partial charge in [0.2, 0.25) is 11.8 Å². The highest BCUT2D eigenvalue weighted by molar-refractivity contribution is 5.98. The highest BCUT2D eigenvalue weighted by Gasteiger charge is 2.31. The zero-order chi connectivity index (χ0) is 19.1. The van der Waals surface area contributed by atoms with Crippen LogP contribution < -0.4 is 10.6 Å². The van der Waals surface area contributed by atoms with Crippen LogP contribution in [0.5, 0.6) is 0 Å². The normalized spacial score (nSPS) is 16.1. The van der Waals surface area contributed by atoms with E-state index in [4.69, 9.17) is 4.74 Å². The monoisotopic (exact) mass is 360 g/mol. The van der Waals surface area contributed by atoms with E-state index in [-0.39, 0.29) is 23.7 Å². The number of amides is 2. The third kappa shape index (κ3) is 5.07. The Morgan fingerprint density at radius 3 is 2.31 bits per heavy atom. The first-order valence-electron chi connectivity index (χ1n) is 9.34. The number of benzene rings is 1. The van der Waals surface area contributed by atoms with Crippen molar-refractivity contribution in [3.8, 4) is 0 Å². The van der Waals surface area contributed by atoms with E-state index in [1.807, 2.05) is 13.8 Å². The molecule has 2 unspecified atom stereocenters. The third-order valence-corrected chi connectivity index (χ3v) is 4.93. The predicted octanol–water partition coefficient (Wildman–Crippen LogP) is 3.13. The fourth-order valence-corrected chi connectivity index (χ4v) is 2.77. The quantitative estimate of drug-likeness (QED) is 0.698. The molecule has 0 bridgehead atoms. The summed E-state index contributed by atoms with van der Waals surface area (Å²) in [5.74, 6) is -0.600. The molecule has 6 heteroatoms. The number of hydrogen-bond donors (Lipinski definition) is 2. The van der Waals surface area contributed by atoms with Gasteiger partial charge in [-0.05, 0) is 49.9 Å². The molecule has 0 radical (unpaired) electrons. The lowest BCUT2D eigenvalue weighted by molar-refractivity contribution is -0.132. The molecule has 6 nitrogen and oxygen atoms in total. The Bertz CT molecular complexity index is 638. The molecule has 142 valence electrons. The molecule has 0 aliphatic heterocycles. The van der Waals surface area contributed by atoms with Crippen LogP contribution in [0.25, 0.3) is 0 Å². The van der Waals surface area contributed by atoms with Gasteiger partial charge in [0.1, 0.15) is 6.04 Å². The molecule has 0 heterocycles. The molecular formula is C20H28N2O4. The van der Waals surface area contributed by atoms with Crippen molar-refractivity contribution in [3.63, 3.8) is 0 Å². The zero-order valence-electron chi connectivity index (χ0n) is 15.7. The molecule has 0 saturated heterocycles. The van der Waals surface area contributed by atoms with Crippen LogP contribution in [0.4, 0.5) is 5.69 Å². The number of hydrogen-bond acceptors (Lipinski definition) is 4. The molecule has 1 aromatic rings. The van der Waals surface area contributed by atoms with E-state index < -0.39 is 12.0 Å². The summed E-state index contributed by atoms with van der Waals surface area (Å²) in [6, 6.07) is 5.97. The molecular weight excluding hydrogens is 332 g/mol. The van der Waals surface area contributed by atoms with Crippen molar-refractivity contribution >= 4 is 23.5 Å². The first-order valence-corrected chi connectivity index (χ1v) is 9.34. The maximum absolute atomic E-state index is 12.7. The second-order valence-corrected chi connectivity index (χ2v) is 6.79. The Balaban J connectivity index is 2.01. The lowest BCUT2D eigenvalue weighted by Crippen LogP contribution is -2.50. The summed E-state index contributed by atoms with van der Waals surface area (Å²) in [5, 5.41) is 5.74. The van der Waals surface area contributed by atoms with Crippen LogP contribution in [0.1, 0.15) is 56.8 Å². The van der Waals surface area contributed by atoms with Gasteiger partial charge in [0.15, 0.2) is 0 Å². The van der Waals surface area contributed by atoms with Gasteiger partial charge < -0.3 is 15.4 Å². The third-order valence-electron chi connectivity index (χ3n) is 4.93. The maximum atomic E-state index is 12.7. The van der Waals surface area contributed by atoms with E-state index >= 15 is 0 Å². The second kappa shape index (κ2) is 9.36. The molecule has 1 fully saturated rings. The Hall–Kier alpha value is -2.37. The smallest absolute Gasteiger partial charge is 0.338 e. The average molecular weight is 360 g/mol. The number of anilines is 1. The Morgan fingerprint density at radius 2 is 1.81 bits per heavy atom. The van der Waals surface area contributed by atoms with Crippen LogP contribution in [0.15, 0.2) is 24.3 Å². The zero-order valence-corrected chi connectivity index (χ0v) is 15.7. The highest BCUT2D eigenvalue weighted by atomic mass is 16.5. The summed E-state index contributed by atoms with van der Waals surface area (Å²) in [6.07, 6.45) is 3.65. The first-order chi connectivity index (χ1) is 12.5. The average Bonchev–Trinajstić information content (AvgIpc) is 2.58. The van der Waals surface area contributed by atoms with Gasteiger partial charge in [-0.25, -0.2) is 4.79 Å². The molecule has 2 amide bonds. The summed E-state index contributed by atoms with van der Waals surface area (Å²) in [7, 11) is 0. The summed E-state index contributed by atoms with van der Waals surface area (Å²) in [6.45, 7) is 6.01. The van der Waals surface area contributed by atoms with Gasteiger partial charge in [-0.15, -0.1) is 0 Å². The molecule has 26 heavy (non-hydrogen) atoms. The van der Waals surface area contributed by atoms with Gasteiger partial charge in [-0.3, -0.25) is 9.59 Å². The van der Waals surface area contributed by atoms with Crippen LogP contribution in [0.3, 0.4) is 0 Å². The van der Waals surface area contributed by atoms with Gasteiger partial charge in [-0.1, -0.05) is 26.7 Å². The second-order valence-electron chi connectivity index (χ2n) is 6.79. The molecule has 0 spiro atoms. The molecule has 2 rings (SSSR count). The van der Waals surface area contributed by atoms with E-state index in [0.717, 1.165) is 25.7 Å². The highest BCUT2D eigenvalue weighted by Crippen LogP contribution is 2.27. The van der Waals surface area contributed by atoms with Crippen molar-refractivity contribution in [1.29, 1.82) is 0 Å². The fourth-order valence-electron chi connectivity index (χ4n) is 2.77. The lowest BCUT2D eigenvalue weighted by atomic mass is 9.84. The molecule has 1 aromatic carbocycles. The van der Waals surface area contributed by atoms with Gasteiger partial charge in [-0.2, -0.15) is 0 Å². The number of carbonyl (C=O) groups excluding carboxylic acids is 3. The van der Waals surface area contributed by atoms with Crippen molar-refractivity contribution in [2.45, 2.75) is 52.5 Å². The topological polar surface area (TPSA) is 84.5 Å². The van der Waals surface area contributed by atoms with Crippen LogP contribution in [0.2, 0.25) is 0 Å². The van der Waals surface area contributed by atoms with Crippen molar-refractivity contribution in [2.75, 3.05) is 11.9 Å². The predicted molar refractivity (Wildman–Crippen MR) is 99.8 cm³/mol. The number of ether oxygens (including phenoxy) is 1. The largest absolute Gasteiger partial charge is 0.462 e. The molecule has 1 aliphatic rings. The van der Waals surface area contributed by atoms with Gasteiger partial charge in [0, 0.05) is 11.6 Å². The lowest BCUT2D eigenvalue weighted by Gasteiger charge is -2.29. The van der Waals surface area contributed by atoms with E-state index in [1.165, 1.54) is 0 Å². The van der Waals surface area contributed by atoms with Crippen molar-refractivity contribution in [2.24, 2.45) is 11.8 Å². The Kier molecular flexibility index (Phi) is 7.18. The SMILES string of the molecule is CCOC(=O)c1ccc(NC(=O)C(NC(=O)C2CCC2)C(C)CC)cc1. The standard InChI is InChI=1S/C20H28N2O4/c1-4-13(3)17(22-18(23)14-7-6-8-14)19(24)21-16-11-9-15(10-12-16)20(25)26-5-2/h9-14,17H,4-8H2,1-3H3,(H,21,24)(H,22,23). The number of rotatable bonds is 8. The minimum absolute atomic E-state index is 0.0258. The first kappa shape index (κ1) is 19.9. The Labute approximate surface area is 154 Å². The number of carbonyl (C=O) groups is 3. The van der Waals surface area contributed by atoms with E-state index in [2.05, 4.69) is 10.6 Å². The van der Waals surface area contributed by atoms with Gasteiger partial charge in [0.25, 0.3) is 0 Å². The number of esters is 1. The minimum Gasteiger partial charge on any atom is -0.462 e. The Morgan fingerprint density at radius 1 is 1.15 bits per heavy atom. The van der Waals surface area contributed by atoms with Crippen LogP contribution in [-0.4, -0.2) is 30.4 Å². The minimum atomic E-state index is -0.571. The van der Waals surface area contributed by atoms with Crippen LogP contribution in [-0.2, 0) is 14.3 Å². The molecule has 1 aliphatic carbocycles. The van der Waals surface area contributed by atoms with Gasteiger partial charge >= 0.3 is 5.97 Å². The summed E-state index contributed by atoms with van der Waals surface area (Å²) in [5.41, 5.74) is 1.01.